The molecule has 0 aliphatic carbocycles. The molecule has 0 spiro atoms. The zero-order valence-corrected chi connectivity index (χ0v) is 24.0. The fourth-order valence-corrected chi connectivity index (χ4v) is 5.59. The third kappa shape index (κ3) is 6.17. The summed E-state index contributed by atoms with van der Waals surface area (Å²) in [7, 11) is 2.05. The van der Waals surface area contributed by atoms with Gasteiger partial charge in [-0.25, -0.2) is 19.7 Å². The number of amides is 2. The summed E-state index contributed by atoms with van der Waals surface area (Å²) in [6, 6.07) is 6.83. The van der Waals surface area contributed by atoms with Crippen LogP contribution in [0, 0.1) is 0 Å². The van der Waals surface area contributed by atoms with Crippen LogP contribution in [0.5, 0.6) is 0 Å². The second-order valence-corrected chi connectivity index (χ2v) is 11.0. The number of hydrogen-bond acceptors (Lipinski definition) is 13. The Bertz CT molecular complexity index is 1430. The number of likely N-dealkylation sites (N-methyl/N-ethyl adjacent to an activating group) is 1. The van der Waals surface area contributed by atoms with E-state index >= 15 is 0 Å². The SMILES string of the molecule is CN1CCN(C(=O)c2ccc(NC(=O)OSN3CCc4c(-c5cnc(N)nc5)nc(N5CCOCC5)nc43)cc2)CC1. The second kappa shape index (κ2) is 12.3. The van der Waals surface area contributed by atoms with Gasteiger partial charge in [0.2, 0.25) is 11.9 Å². The first-order chi connectivity index (χ1) is 20.4. The molecule has 220 valence electrons. The predicted molar refractivity (Wildman–Crippen MR) is 159 cm³/mol. The number of nitrogens with two attached hydrogens (primary N) is 1. The molecule has 0 atom stereocenters. The number of carbonyl (C=O) groups is 2. The molecule has 14 nitrogen and oxygen atoms in total. The molecule has 6 rings (SSSR count). The molecule has 5 heterocycles. The molecule has 3 N–H and O–H groups in total. The number of fused-ring (bicyclic) bond motifs is 1. The van der Waals surface area contributed by atoms with E-state index in [4.69, 9.17) is 24.6 Å². The van der Waals surface area contributed by atoms with Gasteiger partial charge < -0.3 is 29.4 Å². The molecule has 15 heteroatoms. The Morgan fingerprint density at radius 3 is 2.40 bits per heavy atom. The number of morpholine rings is 1. The minimum atomic E-state index is -0.638. The highest BCUT2D eigenvalue weighted by molar-refractivity contribution is 7.96. The van der Waals surface area contributed by atoms with Crippen LogP contribution in [-0.4, -0.2) is 108 Å². The van der Waals surface area contributed by atoms with Gasteiger partial charge >= 0.3 is 6.09 Å². The van der Waals surface area contributed by atoms with Crippen molar-refractivity contribution in [3.05, 3.63) is 47.8 Å². The van der Waals surface area contributed by atoms with E-state index < -0.39 is 6.09 Å². The van der Waals surface area contributed by atoms with Gasteiger partial charge in [0.1, 0.15) is 0 Å². The first-order valence-corrected chi connectivity index (χ1v) is 14.5. The minimum absolute atomic E-state index is 0.0104. The van der Waals surface area contributed by atoms with Crippen LogP contribution in [-0.2, 0) is 15.3 Å². The first kappa shape index (κ1) is 27.9. The maximum Gasteiger partial charge on any atom is 0.425 e. The van der Waals surface area contributed by atoms with Crippen molar-refractivity contribution in [2.75, 3.05) is 86.3 Å². The smallest absolute Gasteiger partial charge is 0.378 e. The van der Waals surface area contributed by atoms with Gasteiger partial charge in [-0.3, -0.25) is 14.4 Å². The molecule has 0 radical (unpaired) electrons. The Balaban J connectivity index is 1.12. The maximum absolute atomic E-state index is 12.8. The molecule has 1 aromatic carbocycles. The van der Waals surface area contributed by atoms with Gasteiger partial charge in [0.25, 0.3) is 5.91 Å². The van der Waals surface area contributed by atoms with Crippen LogP contribution in [0.1, 0.15) is 15.9 Å². The Morgan fingerprint density at radius 1 is 0.976 bits per heavy atom. The van der Waals surface area contributed by atoms with Crippen molar-refractivity contribution in [1.82, 2.24) is 29.7 Å². The van der Waals surface area contributed by atoms with E-state index in [0.29, 0.717) is 75.4 Å². The molecule has 3 aliphatic rings. The van der Waals surface area contributed by atoms with Crippen molar-refractivity contribution in [2.45, 2.75) is 6.42 Å². The minimum Gasteiger partial charge on any atom is -0.378 e. The fourth-order valence-electron chi connectivity index (χ4n) is 5.00. The summed E-state index contributed by atoms with van der Waals surface area (Å²) in [5.74, 6) is 1.41. The van der Waals surface area contributed by atoms with E-state index in [-0.39, 0.29) is 11.9 Å². The lowest BCUT2D eigenvalue weighted by Crippen LogP contribution is -2.47. The van der Waals surface area contributed by atoms with Crippen molar-refractivity contribution in [3.8, 4) is 11.3 Å². The van der Waals surface area contributed by atoms with Crippen LogP contribution in [0.2, 0.25) is 0 Å². The molecule has 2 amide bonds. The van der Waals surface area contributed by atoms with Crippen LogP contribution in [0.25, 0.3) is 11.3 Å². The van der Waals surface area contributed by atoms with Gasteiger partial charge in [0.05, 0.1) is 18.9 Å². The van der Waals surface area contributed by atoms with Gasteiger partial charge in [0.15, 0.2) is 18.0 Å². The summed E-state index contributed by atoms with van der Waals surface area (Å²) in [6.07, 6.45) is 3.32. The molecule has 2 aromatic heterocycles. The summed E-state index contributed by atoms with van der Waals surface area (Å²) in [5.41, 5.74) is 9.18. The van der Waals surface area contributed by atoms with Gasteiger partial charge in [-0.1, -0.05) is 0 Å². The average molecular weight is 593 g/mol. The number of piperazine rings is 1. The molecule has 2 fully saturated rings. The van der Waals surface area contributed by atoms with Crippen molar-refractivity contribution >= 4 is 47.6 Å². The van der Waals surface area contributed by atoms with E-state index in [1.807, 2.05) is 16.3 Å². The zero-order valence-electron chi connectivity index (χ0n) is 23.2. The van der Waals surface area contributed by atoms with Gasteiger partial charge in [-0.05, 0) is 37.7 Å². The molecule has 0 saturated carbocycles. The highest BCUT2D eigenvalue weighted by atomic mass is 32.2. The number of carbonyl (C=O) groups excluding carboxylic acids is 2. The molecular formula is C27H32N10O4S. The third-order valence-electron chi connectivity index (χ3n) is 7.39. The lowest BCUT2D eigenvalue weighted by Gasteiger charge is -2.32. The number of aromatic nitrogens is 4. The molecule has 42 heavy (non-hydrogen) atoms. The van der Waals surface area contributed by atoms with Crippen molar-refractivity contribution in [1.29, 1.82) is 0 Å². The summed E-state index contributed by atoms with van der Waals surface area (Å²) in [5, 5.41) is 2.72. The number of ether oxygens (including phenoxy) is 1. The number of nitrogens with one attached hydrogen (secondary N) is 1. The largest absolute Gasteiger partial charge is 0.425 e. The van der Waals surface area contributed by atoms with Crippen molar-refractivity contribution in [3.63, 3.8) is 0 Å². The summed E-state index contributed by atoms with van der Waals surface area (Å²) in [6.45, 7) is 6.20. The van der Waals surface area contributed by atoms with Gasteiger partial charge in [-0.2, -0.15) is 4.98 Å². The van der Waals surface area contributed by atoms with E-state index in [1.165, 1.54) is 0 Å². The molecule has 0 unspecified atom stereocenters. The maximum atomic E-state index is 12.8. The highest BCUT2D eigenvalue weighted by Crippen LogP contribution is 2.38. The number of nitrogens with zero attached hydrogens (tertiary/aromatic N) is 8. The normalized spacial score (nSPS) is 17.2. The Labute approximate surface area is 247 Å². The van der Waals surface area contributed by atoms with Gasteiger partial charge in [0, 0.05) is 80.6 Å². The molecular weight excluding hydrogens is 560 g/mol. The lowest BCUT2D eigenvalue weighted by atomic mass is 10.1. The standard InChI is InChI=1S/C27H32N10O4S/c1-34-8-10-35(11-9-34)24(38)18-2-4-20(5-3-18)31-27(39)41-42-37-7-6-21-22(19-16-29-25(28)30-17-19)32-26(33-23(21)37)36-12-14-40-15-13-36/h2-5,16-17H,6-15H2,1H3,(H,31,39)(H2,28,29,30). The number of rotatable bonds is 6. The van der Waals surface area contributed by atoms with E-state index in [9.17, 15) is 9.59 Å². The van der Waals surface area contributed by atoms with Crippen LogP contribution in [0.4, 0.5) is 28.2 Å². The van der Waals surface area contributed by atoms with Crippen LogP contribution >= 0.6 is 12.2 Å². The van der Waals surface area contributed by atoms with Crippen molar-refractivity contribution < 1.29 is 18.5 Å². The van der Waals surface area contributed by atoms with E-state index in [2.05, 4.69) is 25.1 Å². The van der Waals surface area contributed by atoms with Crippen LogP contribution < -0.4 is 20.3 Å². The fraction of sp³-hybridized carbons (Fsp3) is 0.407. The summed E-state index contributed by atoms with van der Waals surface area (Å²) < 4.78 is 12.8. The summed E-state index contributed by atoms with van der Waals surface area (Å²) in [4.78, 5) is 49.6. The highest BCUT2D eigenvalue weighted by Gasteiger charge is 2.30. The monoisotopic (exact) mass is 592 g/mol. The number of hydrogen-bond donors (Lipinski definition) is 2. The number of nitrogen functional groups attached to an aromatic ring is 1. The van der Waals surface area contributed by atoms with E-state index in [1.54, 1.807) is 36.7 Å². The number of benzene rings is 1. The Morgan fingerprint density at radius 2 is 1.69 bits per heavy atom. The third-order valence-corrected chi connectivity index (χ3v) is 8.15. The summed E-state index contributed by atoms with van der Waals surface area (Å²) >= 11 is 0.915. The van der Waals surface area contributed by atoms with Crippen LogP contribution in [0.3, 0.4) is 0 Å². The Hall–Kier alpha value is -4.21. The van der Waals surface area contributed by atoms with Gasteiger partial charge in [-0.15, -0.1) is 0 Å². The molecule has 0 bridgehead atoms. The molecule has 3 aliphatic heterocycles. The first-order valence-electron chi connectivity index (χ1n) is 13.8. The molecule has 2 saturated heterocycles. The topological polar surface area (TPSA) is 155 Å². The van der Waals surface area contributed by atoms with Crippen LogP contribution in [0.15, 0.2) is 36.7 Å². The average Bonchev–Trinajstić information content (AvgIpc) is 3.44. The number of anilines is 4. The second-order valence-electron chi connectivity index (χ2n) is 10.2. The predicted octanol–water partition coefficient (Wildman–Crippen LogP) is 1.91. The zero-order chi connectivity index (χ0) is 29.1. The van der Waals surface area contributed by atoms with Crippen molar-refractivity contribution in [2.24, 2.45) is 0 Å². The quantitative estimate of drug-likeness (QED) is 0.317. The molecule has 3 aromatic rings. The lowest BCUT2D eigenvalue weighted by molar-refractivity contribution is 0.0664. The Kier molecular flexibility index (Phi) is 8.21. The van der Waals surface area contributed by atoms with E-state index in [0.717, 1.165) is 42.1 Å².